The van der Waals surface area contributed by atoms with Gasteiger partial charge in [0.15, 0.2) is 0 Å². The summed E-state index contributed by atoms with van der Waals surface area (Å²) in [7, 11) is 2.15. The van der Waals surface area contributed by atoms with Crippen LogP contribution in [0.4, 0.5) is 0 Å². The largest absolute Gasteiger partial charge is 0.370 e. The van der Waals surface area contributed by atoms with Gasteiger partial charge in [-0.25, -0.2) is 4.68 Å². The van der Waals surface area contributed by atoms with Crippen molar-refractivity contribution in [2.24, 2.45) is 0 Å². The second-order valence-electron chi connectivity index (χ2n) is 7.11. The van der Waals surface area contributed by atoms with E-state index < -0.39 is 0 Å². The van der Waals surface area contributed by atoms with E-state index in [9.17, 15) is 4.79 Å². The minimum Gasteiger partial charge on any atom is -0.370 e. The molecule has 0 N–H and O–H groups in total. The molecule has 3 aliphatic heterocycles. The molecule has 0 aromatic carbocycles. The van der Waals surface area contributed by atoms with Gasteiger partial charge in [-0.15, -0.1) is 5.10 Å². The number of nitrogens with zero attached hydrogens (tertiary/aromatic N) is 6. The summed E-state index contributed by atoms with van der Waals surface area (Å²) in [6.45, 7) is 7.21. The second-order valence-corrected chi connectivity index (χ2v) is 7.11. The summed E-state index contributed by atoms with van der Waals surface area (Å²) in [5.41, 5.74) is 1.00. The van der Waals surface area contributed by atoms with Crippen molar-refractivity contribution in [3.05, 3.63) is 11.9 Å². The lowest BCUT2D eigenvalue weighted by atomic mass is 10.00. The van der Waals surface area contributed by atoms with Crippen LogP contribution in [-0.2, 0) is 16.1 Å². The molecule has 132 valence electrons. The standard InChI is InChI=1S/C16H26N6O2/c1-19-6-8-20(9-7-19)4-3-16(23)21-5-2-15-14(11-21)22-13(12-24-15)10-17-18-22/h10,14-15H,2-9,11-12H2,1H3/t14-,15-/m0/s1. The smallest absolute Gasteiger partial charge is 0.223 e. The fourth-order valence-corrected chi connectivity index (χ4v) is 3.89. The van der Waals surface area contributed by atoms with Gasteiger partial charge in [-0.05, 0) is 13.5 Å². The Kier molecular flexibility index (Phi) is 4.51. The van der Waals surface area contributed by atoms with Gasteiger partial charge in [-0.1, -0.05) is 5.21 Å². The van der Waals surface area contributed by atoms with Gasteiger partial charge in [0.1, 0.15) is 0 Å². The SMILES string of the molecule is CN1CCN(CCC(=O)N2CC[C@@H]3OCc4cnnn4[C@H]3C2)CC1. The first kappa shape index (κ1) is 16.0. The highest BCUT2D eigenvalue weighted by molar-refractivity contribution is 5.76. The molecule has 0 radical (unpaired) electrons. The molecule has 0 spiro atoms. The van der Waals surface area contributed by atoms with E-state index in [1.54, 1.807) is 6.20 Å². The quantitative estimate of drug-likeness (QED) is 0.749. The lowest BCUT2D eigenvalue weighted by molar-refractivity contribution is -0.138. The van der Waals surface area contributed by atoms with Gasteiger partial charge in [-0.3, -0.25) is 4.79 Å². The van der Waals surface area contributed by atoms with Gasteiger partial charge >= 0.3 is 0 Å². The molecule has 2 fully saturated rings. The van der Waals surface area contributed by atoms with Crippen molar-refractivity contribution in [1.29, 1.82) is 0 Å². The number of ether oxygens (including phenoxy) is 1. The van der Waals surface area contributed by atoms with Gasteiger partial charge in [0.05, 0.1) is 30.6 Å². The van der Waals surface area contributed by atoms with Crippen molar-refractivity contribution < 1.29 is 9.53 Å². The molecule has 1 aromatic heterocycles. The Morgan fingerprint density at radius 2 is 2.12 bits per heavy atom. The molecule has 0 bridgehead atoms. The van der Waals surface area contributed by atoms with Crippen molar-refractivity contribution in [3.63, 3.8) is 0 Å². The number of likely N-dealkylation sites (tertiary alicyclic amines) is 1. The summed E-state index contributed by atoms with van der Waals surface area (Å²) in [6, 6.07) is 0.109. The van der Waals surface area contributed by atoms with E-state index in [1.165, 1.54) is 0 Å². The number of carbonyl (C=O) groups excluding carboxylic acids is 1. The van der Waals surface area contributed by atoms with Crippen LogP contribution < -0.4 is 0 Å². The lowest BCUT2D eigenvalue weighted by Gasteiger charge is -2.41. The van der Waals surface area contributed by atoms with Crippen LogP contribution in [0.25, 0.3) is 0 Å². The number of piperazine rings is 1. The molecule has 4 heterocycles. The minimum atomic E-state index is 0.109. The van der Waals surface area contributed by atoms with E-state index in [2.05, 4.69) is 27.2 Å². The van der Waals surface area contributed by atoms with Gasteiger partial charge < -0.3 is 19.4 Å². The molecule has 1 amide bonds. The summed E-state index contributed by atoms with van der Waals surface area (Å²) in [5.74, 6) is 0.250. The number of hydrogen-bond donors (Lipinski definition) is 0. The number of amides is 1. The molecule has 8 nitrogen and oxygen atoms in total. The average Bonchev–Trinajstić information content (AvgIpc) is 3.09. The van der Waals surface area contributed by atoms with Crippen LogP contribution in [0.3, 0.4) is 0 Å². The first-order chi connectivity index (χ1) is 11.7. The number of hydrogen-bond acceptors (Lipinski definition) is 6. The Morgan fingerprint density at radius 3 is 2.96 bits per heavy atom. The molecular formula is C16H26N6O2. The predicted octanol–water partition coefficient (Wildman–Crippen LogP) is -0.412. The van der Waals surface area contributed by atoms with Crippen molar-refractivity contribution in [1.82, 2.24) is 29.7 Å². The fourth-order valence-electron chi connectivity index (χ4n) is 3.89. The van der Waals surface area contributed by atoms with Crippen molar-refractivity contribution in [2.75, 3.05) is 52.9 Å². The molecule has 0 aliphatic carbocycles. The molecule has 1 aromatic rings. The van der Waals surface area contributed by atoms with E-state index >= 15 is 0 Å². The molecule has 0 unspecified atom stereocenters. The monoisotopic (exact) mass is 334 g/mol. The first-order valence-electron chi connectivity index (χ1n) is 8.90. The van der Waals surface area contributed by atoms with Gasteiger partial charge in [0, 0.05) is 52.2 Å². The van der Waals surface area contributed by atoms with Crippen LogP contribution in [0, 0.1) is 0 Å². The number of likely N-dealkylation sites (N-methyl/N-ethyl adjacent to an activating group) is 1. The summed E-state index contributed by atoms with van der Waals surface area (Å²) in [5, 5.41) is 8.18. The maximum absolute atomic E-state index is 12.6. The topological polar surface area (TPSA) is 66.7 Å². The Hall–Kier alpha value is -1.51. The maximum Gasteiger partial charge on any atom is 0.223 e. The highest BCUT2D eigenvalue weighted by Crippen LogP contribution is 2.30. The van der Waals surface area contributed by atoms with Gasteiger partial charge in [-0.2, -0.15) is 0 Å². The number of carbonyl (C=O) groups is 1. The predicted molar refractivity (Wildman–Crippen MR) is 87.4 cm³/mol. The maximum atomic E-state index is 12.6. The van der Waals surface area contributed by atoms with E-state index in [0.717, 1.165) is 51.4 Å². The van der Waals surface area contributed by atoms with Gasteiger partial charge in [0.2, 0.25) is 5.91 Å². The van der Waals surface area contributed by atoms with E-state index in [4.69, 9.17) is 4.74 Å². The third-order valence-electron chi connectivity index (χ3n) is 5.52. The average molecular weight is 334 g/mol. The van der Waals surface area contributed by atoms with E-state index in [0.29, 0.717) is 19.6 Å². The van der Waals surface area contributed by atoms with Crippen LogP contribution in [0.15, 0.2) is 6.20 Å². The second kappa shape index (κ2) is 6.78. The Morgan fingerprint density at radius 1 is 1.29 bits per heavy atom. The molecular weight excluding hydrogens is 308 g/mol. The molecule has 2 atom stereocenters. The zero-order chi connectivity index (χ0) is 16.5. The first-order valence-corrected chi connectivity index (χ1v) is 8.90. The normalized spacial score (nSPS) is 28.5. The van der Waals surface area contributed by atoms with Crippen LogP contribution in [0.2, 0.25) is 0 Å². The summed E-state index contributed by atoms with van der Waals surface area (Å²) >= 11 is 0. The minimum absolute atomic E-state index is 0.109. The van der Waals surface area contributed by atoms with Crippen LogP contribution in [-0.4, -0.2) is 94.6 Å². The molecule has 0 saturated carbocycles. The van der Waals surface area contributed by atoms with Crippen LogP contribution in [0.1, 0.15) is 24.6 Å². The molecule has 3 aliphatic rings. The number of piperidine rings is 1. The van der Waals surface area contributed by atoms with Crippen molar-refractivity contribution >= 4 is 5.91 Å². The summed E-state index contributed by atoms with van der Waals surface area (Å²) in [4.78, 5) is 19.3. The lowest BCUT2D eigenvalue weighted by Crippen LogP contribution is -2.50. The Bertz CT molecular complexity index is 583. The third kappa shape index (κ3) is 3.18. The Labute approximate surface area is 142 Å². The van der Waals surface area contributed by atoms with Crippen LogP contribution >= 0.6 is 0 Å². The fraction of sp³-hybridized carbons (Fsp3) is 0.812. The zero-order valence-corrected chi connectivity index (χ0v) is 14.3. The van der Waals surface area contributed by atoms with E-state index in [1.807, 2.05) is 9.58 Å². The van der Waals surface area contributed by atoms with Gasteiger partial charge in [0.25, 0.3) is 0 Å². The summed E-state index contributed by atoms with van der Waals surface area (Å²) in [6.07, 6.45) is 3.39. The van der Waals surface area contributed by atoms with E-state index in [-0.39, 0.29) is 18.1 Å². The van der Waals surface area contributed by atoms with Crippen LogP contribution in [0.5, 0.6) is 0 Å². The molecule has 4 rings (SSSR count). The number of fused-ring (bicyclic) bond motifs is 3. The van der Waals surface area contributed by atoms with Crippen molar-refractivity contribution in [2.45, 2.75) is 31.6 Å². The molecule has 2 saturated heterocycles. The third-order valence-corrected chi connectivity index (χ3v) is 5.52. The highest BCUT2D eigenvalue weighted by atomic mass is 16.5. The summed E-state index contributed by atoms with van der Waals surface area (Å²) < 4.78 is 7.86. The highest BCUT2D eigenvalue weighted by Gasteiger charge is 2.37. The molecule has 24 heavy (non-hydrogen) atoms. The zero-order valence-electron chi connectivity index (χ0n) is 14.3. The molecule has 8 heteroatoms. The number of aromatic nitrogens is 3. The Balaban J connectivity index is 1.32. The van der Waals surface area contributed by atoms with Crippen molar-refractivity contribution in [3.8, 4) is 0 Å². The number of rotatable bonds is 3.